The van der Waals surface area contributed by atoms with E-state index < -0.39 is 11.9 Å². The lowest BCUT2D eigenvalue weighted by molar-refractivity contribution is -0.143. The Balaban J connectivity index is 1.74. The predicted molar refractivity (Wildman–Crippen MR) is 80.1 cm³/mol. The van der Waals surface area contributed by atoms with Gasteiger partial charge in [0.2, 0.25) is 0 Å². The molecule has 1 aliphatic carbocycles. The van der Waals surface area contributed by atoms with Crippen LogP contribution in [0, 0.1) is 11.8 Å². The highest BCUT2D eigenvalue weighted by Gasteiger charge is 2.31. The summed E-state index contributed by atoms with van der Waals surface area (Å²) < 4.78 is 0. The van der Waals surface area contributed by atoms with E-state index in [0.29, 0.717) is 18.9 Å². The standard InChI is InChI=1S/C15H27N3O3/c1-18-8-4-5-11(10-18)9-16-15(21)17-13-7-3-2-6-12(13)14(19)20/h11-13H,2-10H2,1H3,(H,19,20)(H2,16,17,21). The summed E-state index contributed by atoms with van der Waals surface area (Å²) in [6.45, 7) is 2.81. The Morgan fingerprint density at radius 1 is 1.19 bits per heavy atom. The van der Waals surface area contributed by atoms with Crippen LogP contribution < -0.4 is 10.6 Å². The first-order valence-electron chi connectivity index (χ1n) is 8.02. The van der Waals surface area contributed by atoms with E-state index in [0.717, 1.165) is 38.8 Å². The number of hydrogen-bond acceptors (Lipinski definition) is 3. The Bertz CT molecular complexity index is 375. The van der Waals surface area contributed by atoms with E-state index >= 15 is 0 Å². The number of nitrogens with zero attached hydrogens (tertiary/aromatic N) is 1. The highest BCUT2D eigenvalue weighted by atomic mass is 16.4. The van der Waals surface area contributed by atoms with Crippen molar-refractivity contribution >= 4 is 12.0 Å². The van der Waals surface area contributed by atoms with Gasteiger partial charge in [0.25, 0.3) is 0 Å². The maximum absolute atomic E-state index is 12.0. The molecular formula is C15H27N3O3. The number of carbonyl (C=O) groups excluding carboxylic acids is 1. The van der Waals surface area contributed by atoms with Crippen molar-refractivity contribution in [3.05, 3.63) is 0 Å². The highest BCUT2D eigenvalue weighted by molar-refractivity contribution is 5.76. The molecule has 120 valence electrons. The molecule has 2 amide bonds. The molecule has 2 rings (SSSR count). The first-order chi connectivity index (χ1) is 10.1. The molecular weight excluding hydrogens is 270 g/mol. The topological polar surface area (TPSA) is 81.7 Å². The van der Waals surface area contributed by atoms with E-state index in [2.05, 4.69) is 22.6 Å². The van der Waals surface area contributed by atoms with Crippen molar-refractivity contribution in [1.82, 2.24) is 15.5 Å². The molecule has 6 heteroatoms. The van der Waals surface area contributed by atoms with Crippen molar-refractivity contribution in [2.75, 3.05) is 26.7 Å². The third-order valence-electron chi connectivity index (χ3n) is 4.67. The molecule has 1 heterocycles. The number of amides is 2. The molecule has 0 aromatic heterocycles. The van der Waals surface area contributed by atoms with Crippen LogP contribution in [0.15, 0.2) is 0 Å². The fraction of sp³-hybridized carbons (Fsp3) is 0.867. The summed E-state index contributed by atoms with van der Waals surface area (Å²) in [5.74, 6) is -0.740. The molecule has 21 heavy (non-hydrogen) atoms. The van der Waals surface area contributed by atoms with Gasteiger partial charge in [0, 0.05) is 19.1 Å². The van der Waals surface area contributed by atoms with E-state index in [9.17, 15) is 14.7 Å². The van der Waals surface area contributed by atoms with E-state index in [1.807, 2.05) is 0 Å². The molecule has 3 atom stereocenters. The Hall–Kier alpha value is -1.30. The zero-order valence-corrected chi connectivity index (χ0v) is 12.8. The Labute approximate surface area is 126 Å². The van der Waals surface area contributed by atoms with Crippen molar-refractivity contribution in [1.29, 1.82) is 0 Å². The van der Waals surface area contributed by atoms with Crippen LogP contribution in [0.1, 0.15) is 38.5 Å². The molecule has 1 saturated carbocycles. The summed E-state index contributed by atoms with van der Waals surface area (Å²) in [4.78, 5) is 25.5. The van der Waals surface area contributed by atoms with Crippen LogP contribution in [0.3, 0.4) is 0 Å². The van der Waals surface area contributed by atoms with E-state index in [1.165, 1.54) is 6.42 Å². The van der Waals surface area contributed by atoms with Gasteiger partial charge in [-0.2, -0.15) is 0 Å². The van der Waals surface area contributed by atoms with Crippen molar-refractivity contribution in [3.8, 4) is 0 Å². The molecule has 6 nitrogen and oxygen atoms in total. The first kappa shape index (κ1) is 16.1. The lowest BCUT2D eigenvalue weighted by Crippen LogP contribution is -2.50. The van der Waals surface area contributed by atoms with Gasteiger partial charge in [0.15, 0.2) is 0 Å². The highest BCUT2D eigenvalue weighted by Crippen LogP contribution is 2.24. The molecule has 0 aromatic rings. The zero-order valence-electron chi connectivity index (χ0n) is 12.8. The van der Waals surface area contributed by atoms with Gasteiger partial charge in [-0.3, -0.25) is 4.79 Å². The second-order valence-electron chi connectivity index (χ2n) is 6.46. The van der Waals surface area contributed by atoms with Crippen LogP contribution in [0.4, 0.5) is 4.79 Å². The first-order valence-corrected chi connectivity index (χ1v) is 8.02. The molecule has 3 N–H and O–H groups in total. The smallest absolute Gasteiger partial charge is 0.315 e. The second kappa shape index (κ2) is 7.64. The van der Waals surface area contributed by atoms with Crippen LogP contribution in [0.25, 0.3) is 0 Å². The van der Waals surface area contributed by atoms with Crippen LogP contribution in [-0.4, -0.2) is 54.7 Å². The monoisotopic (exact) mass is 297 g/mol. The van der Waals surface area contributed by atoms with Gasteiger partial charge in [0.05, 0.1) is 5.92 Å². The predicted octanol–water partition coefficient (Wildman–Crippen LogP) is 1.27. The van der Waals surface area contributed by atoms with E-state index in [1.54, 1.807) is 0 Å². The van der Waals surface area contributed by atoms with Gasteiger partial charge in [-0.1, -0.05) is 12.8 Å². The van der Waals surface area contributed by atoms with Gasteiger partial charge < -0.3 is 20.6 Å². The molecule has 1 aliphatic heterocycles. The summed E-state index contributed by atoms with van der Waals surface area (Å²) in [5, 5.41) is 15.0. The number of carbonyl (C=O) groups is 2. The number of urea groups is 1. The number of aliphatic carboxylic acids is 1. The summed E-state index contributed by atoms with van der Waals surface area (Å²) >= 11 is 0. The van der Waals surface area contributed by atoms with Gasteiger partial charge in [-0.05, 0) is 45.2 Å². The van der Waals surface area contributed by atoms with Crippen LogP contribution in [-0.2, 0) is 4.79 Å². The lowest BCUT2D eigenvalue weighted by Gasteiger charge is -2.31. The van der Waals surface area contributed by atoms with Crippen LogP contribution in [0.5, 0.6) is 0 Å². The SMILES string of the molecule is CN1CCCC(CNC(=O)NC2CCCCC2C(=O)O)C1. The minimum atomic E-state index is -0.797. The molecule has 0 aromatic carbocycles. The van der Waals surface area contributed by atoms with Gasteiger partial charge >= 0.3 is 12.0 Å². The fourth-order valence-electron chi connectivity index (χ4n) is 3.50. The fourth-order valence-corrected chi connectivity index (χ4v) is 3.50. The van der Waals surface area contributed by atoms with Crippen molar-refractivity contribution < 1.29 is 14.7 Å². The average Bonchev–Trinajstić information content (AvgIpc) is 2.45. The quantitative estimate of drug-likeness (QED) is 0.730. The van der Waals surface area contributed by atoms with Gasteiger partial charge in [-0.15, -0.1) is 0 Å². The normalized spacial score (nSPS) is 30.6. The third kappa shape index (κ3) is 4.88. The minimum Gasteiger partial charge on any atom is -0.481 e. The summed E-state index contributed by atoms with van der Waals surface area (Å²) in [6.07, 6.45) is 5.66. The Morgan fingerprint density at radius 2 is 1.95 bits per heavy atom. The maximum atomic E-state index is 12.0. The third-order valence-corrected chi connectivity index (χ3v) is 4.67. The Kier molecular flexibility index (Phi) is 5.85. The number of rotatable bonds is 4. The number of carboxylic acids is 1. The number of piperidine rings is 1. The van der Waals surface area contributed by atoms with Gasteiger partial charge in [-0.25, -0.2) is 4.79 Å². The van der Waals surface area contributed by atoms with E-state index in [-0.39, 0.29) is 12.1 Å². The number of hydrogen-bond donors (Lipinski definition) is 3. The van der Waals surface area contributed by atoms with E-state index in [4.69, 9.17) is 0 Å². The molecule has 0 spiro atoms. The lowest BCUT2D eigenvalue weighted by atomic mass is 9.84. The second-order valence-corrected chi connectivity index (χ2v) is 6.46. The zero-order chi connectivity index (χ0) is 15.2. The summed E-state index contributed by atoms with van der Waals surface area (Å²) in [6, 6.07) is -0.452. The molecule has 2 fully saturated rings. The van der Waals surface area contributed by atoms with Crippen molar-refractivity contribution in [3.63, 3.8) is 0 Å². The number of likely N-dealkylation sites (tertiary alicyclic amines) is 1. The minimum absolute atomic E-state index is 0.221. The Morgan fingerprint density at radius 3 is 2.67 bits per heavy atom. The maximum Gasteiger partial charge on any atom is 0.315 e. The number of carboxylic acid groups (broad SMARTS) is 1. The molecule has 0 radical (unpaired) electrons. The molecule has 2 aliphatic rings. The van der Waals surface area contributed by atoms with Gasteiger partial charge in [0.1, 0.15) is 0 Å². The number of nitrogens with one attached hydrogen (secondary N) is 2. The molecule has 0 bridgehead atoms. The van der Waals surface area contributed by atoms with Crippen molar-refractivity contribution in [2.24, 2.45) is 11.8 Å². The van der Waals surface area contributed by atoms with Crippen molar-refractivity contribution in [2.45, 2.75) is 44.6 Å². The average molecular weight is 297 g/mol. The molecule has 1 saturated heterocycles. The molecule has 3 unspecified atom stereocenters. The summed E-state index contributed by atoms with van der Waals surface area (Å²) in [5.41, 5.74) is 0. The van der Waals surface area contributed by atoms with Crippen LogP contribution in [0.2, 0.25) is 0 Å². The largest absolute Gasteiger partial charge is 0.481 e. The summed E-state index contributed by atoms with van der Waals surface area (Å²) in [7, 11) is 2.10. The van der Waals surface area contributed by atoms with Crippen LogP contribution >= 0.6 is 0 Å².